The van der Waals surface area contributed by atoms with Crippen LogP contribution in [0.1, 0.15) is 33.1 Å². The van der Waals surface area contributed by atoms with Crippen molar-refractivity contribution in [2.24, 2.45) is 5.41 Å². The Hall–Kier alpha value is -0.120. The van der Waals surface area contributed by atoms with Gasteiger partial charge in [-0.15, -0.1) is 0 Å². The van der Waals surface area contributed by atoms with Gasteiger partial charge >= 0.3 is 0 Å². The molecule has 3 heteroatoms. The molecule has 0 aromatic rings. The van der Waals surface area contributed by atoms with Crippen molar-refractivity contribution in [3.8, 4) is 0 Å². The summed E-state index contributed by atoms with van der Waals surface area (Å²) in [5, 5.41) is 3.61. The van der Waals surface area contributed by atoms with Gasteiger partial charge in [0.2, 0.25) is 0 Å². The second kappa shape index (κ2) is 4.40. The quantitative estimate of drug-likeness (QED) is 0.726. The van der Waals surface area contributed by atoms with Crippen molar-refractivity contribution in [1.29, 1.82) is 0 Å². The highest BCUT2D eigenvalue weighted by Crippen LogP contribution is 2.44. The molecule has 88 valence electrons. The molecule has 15 heavy (non-hydrogen) atoms. The maximum atomic E-state index is 5.59. The molecule has 3 unspecified atom stereocenters. The molecular formula is C12H23NO2. The fourth-order valence-electron chi connectivity index (χ4n) is 2.24. The van der Waals surface area contributed by atoms with Crippen molar-refractivity contribution < 1.29 is 9.47 Å². The van der Waals surface area contributed by atoms with E-state index in [4.69, 9.17) is 9.47 Å². The molecule has 3 atom stereocenters. The zero-order valence-corrected chi connectivity index (χ0v) is 10.1. The fourth-order valence-corrected chi connectivity index (χ4v) is 2.24. The summed E-state index contributed by atoms with van der Waals surface area (Å²) in [5.41, 5.74) is 0.578. The number of hydrogen-bond acceptors (Lipinski definition) is 3. The van der Waals surface area contributed by atoms with Crippen molar-refractivity contribution in [2.45, 2.75) is 51.4 Å². The molecular weight excluding hydrogens is 190 g/mol. The van der Waals surface area contributed by atoms with Gasteiger partial charge in [-0.05, 0) is 31.6 Å². The van der Waals surface area contributed by atoms with Crippen LogP contribution in [0.2, 0.25) is 0 Å². The number of nitrogens with one attached hydrogen (secondary N) is 1. The summed E-state index contributed by atoms with van der Waals surface area (Å²) in [7, 11) is 1.78. The number of ether oxygens (including phenoxy) is 2. The molecule has 0 aromatic carbocycles. The molecule has 0 heterocycles. The Morgan fingerprint density at radius 3 is 2.67 bits per heavy atom. The van der Waals surface area contributed by atoms with Crippen molar-refractivity contribution in [3.63, 3.8) is 0 Å². The van der Waals surface area contributed by atoms with Crippen LogP contribution in [-0.4, -0.2) is 38.5 Å². The molecule has 2 aliphatic rings. The van der Waals surface area contributed by atoms with Crippen LogP contribution < -0.4 is 5.32 Å². The highest BCUT2D eigenvalue weighted by molar-refractivity contribution is 5.00. The normalized spacial score (nSPS) is 37.4. The van der Waals surface area contributed by atoms with Gasteiger partial charge in [0.05, 0.1) is 12.2 Å². The third-order valence-electron chi connectivity index (χ3n) is 3.80. The first-order valence-corrected chi connectivity index (χ1v) is 6.06. The van der Waals surface area contributed by atoms with Crippen molar-refractivity contribution >= 4 is 0 Å². The highest BCUT2D eigenvalue weighted by Gasteiger charge is 2.44. The molecule has 0 amide bonds. The Morgan fingerprint density at radius 2 is 2.13 bits per heavy atom. The van der Waals surface area contributed by atoms with Gasteiger partial charge in [-0.2, -0.15) is 0 Å². The Morgan fingerprint density at radius 1 is 1.40 bits per heavy atom. The van der Waals surface area contributed by atoms with Crippen LogP contribution in [0.25, 0.3) is 0 Å². The summed E-state index contributed by atoms with van der Waals surface area (Å²) in [6, 6.07) is 0.504. The van der Waals surface area contributed by atoms with Gasteiger partial charge in [0.1, 0.15) is 0 Å². The molecule has 2 saturated carbocycles. The first kappa shape index (κ1) is 11.4. The summed E-state index contributed by atoms with van der Waals surface area (Å²) in [6.07, 6.45) is 4.41. The van der Waals surface area contributed by atoms with Gasteiger partial charge in [0, 0.05) is 26.3 Å². The lowest BCUT2D eigenvalue weighted by Gasteiger charge is -2.44. The molecule has 0 radical (unpaired) electrons. The highest BCUT2D eigenvalue weighted by atomic mass is 16.5. The summed E-state index contributed by atoms with van der Waals surface area (Å²) < 4.78 is 11.1. The number of methoxy groups -OCH3 is 1. The van der Waals surface area contributed by atoms with Gasteiger partial charge in [0.25, 0.3) is 0 Å². The molecule has 2 aliphatic carbocycles. The van der Waals surface area contributed by atoms with E-state index in [2.05, 4.69) is 12.2 Å². The zero-order valence-electron chi connectivity index (χ0n) is 10.1. The molecule has 3 nitrogen and oxygen atoms in total. The van der Waals surface area contributed by atoms with Crippen LogP contribution in [0.3, 0.4) is 0 Å². The summed E-state index contributed by atoms with van der Waals surface area (Å²) in [4.78, 5) is 0. The van der Waals surface area contributed by atoms with Crippen LogP contribution in [0, 0.1) is 5.41 Å². The van der Waals surface area contributed by atoms with Gasteiger partial charge in [0.15, 0.2) is 0 Å². The first-order valence-electron chi connectivity index (χ1n) is 6.06. The molecule has 0 bridgehead atoms. The van der Waals surface area contributed by atoms with Gasteiger partial charge in [-0.25, -0.2) is 0 Å². The zero-order chi connectivity index (χ0) is 10.9. The predicted molar refractivity (Wildman–Crippen MR) is 60.0 cm³/mol. The predicted octanol–water partition coefficient (Wildman–Crippen LogP) is 1.57. The maximum absolute atomic E-state index is 5.59. The molecule has 2 rings (SSSR count). The molecule has 2 fully saturated rings. The third-order valence-corrected chi connectivity index (χ3v) is 3.80. The summed E-state index contributed by atoms with van der Waals surface area (Å²) in [6.45, 7) is 6.31. The molecule has 0 aliphatic heterocycles. The van der Waals surface area contributed by atoms with Crippen LogP contribution in [0.4, 0.5) is 0 Å². The average Bonchev–Trinajstić information content (AvgIpc) is 2.90. The largest absolute Gasteiger partial charge is 0.377 e. The Kier molecular flexibility index (Phi) is 3.33. The Balaban J connectivity index is 1.70. The van der Waals surface area contributed by atoms with Gasteiger partial charge in [-0.1, -0.05) is 6.92 Å². The second-order valence-electron chi connectivity index (χ2n) is 5.23. The van der Waals surface area contributed by atoms with Crippen molar-refractivity contribution in [1.82, 2.24) is 5.32 Å². The minimum atomic E-state index is 0.257. The van der Waals surface area contributed by atoms with Gasteiger partial charge < -0.3 is 14.8 Å². The van der Waals surface area contributed by atoms with E-state index in [1.807, 2.05) is 6.92 Å². The van der Waals surface area contributed by atoms with Crippen LogP contribution >= 0.6 is 0 Å². The van der Waals surface area contributed by atoms with Crippen molar-refractivity contribution in [3.05, 3.63) is 0 Å². The lowest BCUT2D eigenvalue weighted by molar-refractivity contribution is -0.131. The molecule has 1 N–H and O–H groups in total. The van der Waals surface area contributed by atoms with Crippen LogP contribution in [-0.2, 0) is 9.47 Å². The maximum Gasteiger partial charge on any atom is 0.0986 e. The Bertz CT molecular complexity index is 216. The third kappa shape index (κ3) is 2.52. The van der Waals surface area contributed by atoms with Crippen molar-refractivity contribution in [2.75, 3.05) is 20.3 Å². The summed E-state index contributed by atoms with van der Waals surface area (Å²) >= 11 is 0. The SMILES string of the molecule is CCOC1CC(NCC2(C)CC2)C1OC. The summed E-state index contributed by atoms with van der Waals surface area (Å²) in [5.74, 6) is 0. The molecule has 0 saturated heterocycles. The van der Waals surface area contributed by atoms with E-state index in [1.54, 1.807) is 7.11 Å². The van der Waals surface area contributed by atoms with E-state index in [0.717, 1.165) is 19.6 Å². The molecule has 0 spiro atoms. The van der Waals surface area contributed by atoms with Gasteiger partial charge in [-0.3, -0.25) is 0 Å². The average molecular weight is 213 g/mol. The Labute approximate surface area is 92.5 Å². The lowest BCUT2D eigenvalue weighted by Crippen LogP contribution is -2.60. The monoisotopic (exact) mass is 213 g/mol. The minimum Gasteiger partial charge on any atom is -0.377 e. The smallest absolute Gasteiger partial charge is 0.0986 e. The van der Waals surface area contributed by atoms with Crippen LogP contribution in [0.15, 0.2) is 0 Å². The number of hydrogen-bond donors (Lipinski definition) is 1. The topological polar surface area (TPSA) is 30.5 Å². The van der Waals surface area contributed by atoms with Crippen LogP contribution in [0.5, 0.6) is 0 Å². The lowest BCUT2D eigenvalue weighted by atomic mass is 9.84. The van der Waals surface area contributed by atoms with E-state index in [-0.39, 0.29) is 6.10 Å². The minimum absolute atomic E-state index is 0.257. The second-order valence-corrected chi connectivity index (χ2v) is 5.23. The standard InChI is InChI=1S/C12H23NO2/c1-4-15-10-7-9(11(10)14-3)13-8-12(2)5-6-12/h9-11,13H,4-8H2,1-3H3. The van der Waals surface area contributed by atoms with E-state index < -0.39 is 0 Å². The number of rotatable bonds is 6. The van der Waals surface area contributed by atoms with E-state index >= 15 is 0 Å². The van der Waals surface area contributed by atoms with E-state index in [9.17, 15) is 0 Å². The van der Waals surface area contributed by atoms with E-state index in [1.165, 1.54) is 12.8 Å². The first-order chi connectivity index (χ1) is 7.18. The molecule has 0 aromatic heterocycles. The fraction of sp³-hybridized carbons (Fsp3) is 1.00. The van der Waals surface area contributed by atoms with E-state index in [0.29, 0.717) is 17.6 Å².